The Morgan fingerprint density at radius 2 is 2.17 bits per heavy atom. The van der Waals surface area contributed by atoms with E-state index in [9.17, 15) is 9.59 Å². The number of rotatable bonds is 10. The van der Waals surface area contributed by atoms with E-state index in [1.54, 1.807) is 0 Å². The fourth-order valence-electron chi connectivity index (χ4n) is 1.89. The molecule has 0 radical (unpaired) electrons. The van der Waals surface area contributed by atoms with Gasteiger partial charge in [0.1, 0.15) is 19.4 Å². The van der Waals surface area contributed by atoms with Gasteiger partial charge < -0.3 is 35.1 Å². The van der Waals surface area contributed by atoms with E-state index in [2.05, 4.69) is 5.32 Å². The average Bonchev–Trinajstić information content (AvgIpc) is 2.52. The molecule has 9 nitrogen and oxygen atoms in total. The summed E-state index contributed by atoms with van der Waals surface area (Å²) < 4.78 is 20.8. The lowest BCUT2D eigenvalue weighted by molar-refractivity contribution is -0.138. The van der Waals surface area contributed by atoms with E-state index in [-0.39, 0.29) is 26.1 Å². The molecule has 0 saturated heterocycles. The van der Waals surface area contributed by atoms with Gasteiger partial charge in [-0.1, -0.05) is 12.2 Å². The number of hydrogen-bond acceptors (Lipinski definition) is 7. The van der Waals surface area contributed by atoms with Crippen LogP contribution in [0, 0.1) is 0 Å². The number of ether oxygens (including phenoxy) is 4. The fraction of sp³-hybridized carbons (Fsp3) is 0.733. The predicted octanol–water partition coefficient (Wildman–Crippen LogP) is 0.241. The van der Waals surface area contributed by atoms with Crippen molar-refractivity contribution in [1.82, 2.24) is 5.32 Å². The maximum atomic E-state index is 11.4. The van der Waals surface area contributed by atoms with Gasteiger partial charge in [0.15, 0.2) is 0 Å². The van der Waals surface area contributed by atoms with Crippen molar-refractivity contribution in [2.45, 2.75) is 31.4 Å². The van der Waals surface area contributed by atoms with E-state index in [1.807, 2.05) is 12.2 Å². The molecule has 2 atom stereocenters. The van der Waals surface area contributed by atoms with E-state index >= 15 is 0 Å². The normalized spacial score (nSPS) is 20.5. The molecule has 0 aromatic heterocycles. The summed E-state index contributed by atoms with van der Waals surface area (Å²) in [6.45, 7) is 1.92. The second-order valence-electron chi connectivity index (χ2n) is 5.20. The number of carboxylic acid groups (broad SMARTS) is 1. The van der Waals surface area contributed by atoms with Gasteiger partial charge in [0.25, 0.3) is 0 Å². The van der Waals surface area contributed by atoms with Gasteiger partial charge in [0.05, 0.1) is 25.9 Å². The van der Waals surface area contributed by atoms with Crippen molar-refractivity contribution in [2.24, 2.45) is 5.73 Å². The average molecular weight is 346 g/mol. The predicted molar refractivity (Wildman–Crippen MR) is 84.5 cm³/mol. The number of carbonyl (C=O) groups is 2. The van der Waals surface area contributed by atoms with Crippen LogP contribution in [0.25, 0.3) is 0 Å². The Balaban J connectivity index is 1.97. The van der Waals surface area contributed by atoms with Crippen LogP contribution in [0.1, 0.15) is 19.3 Å². The minimum absolute atomic E-state index is 0.135. The molecule has 0 bridgehead atoms. The fourth-order valence-corrected chi connectivity index (χ4v) is 1.89. The molecule has 1 heterocycles. The molecule has 0 spiro atoms. The van der Waals surface area contributed by atoms with E-state index < -0.39 is 18.1 Å². The molecule has 0 aromatic carbocycles. The molecular weight excluding hydrogens is 320 g/mol. The Bertz CT molecular complexity index is 403. The lowest BCUT2D eigenvalue weighted by Gasteiger charge is -2.16. The first-order valence-electron chi connectivity index (χ1n) is 7.92. The molecule has 9 heteroatoms. The maximum absolute atomic E-state index is 11.4. The van der Waals surface area contributed by atoms with Crippen LogP contribution in [0.5, 0.6) is 0 Å². The SMILES string of the molecule is N[C@@H](CCCCNC(=O)OCCOC1/C=C/COCOC1)C(=O)O. The molecule has 1 aliphatic heterocycles. The number of nitrogens with one attached hydrogen (secondary N) is 1. The summed E-state index contributed by atoms with van der Waals surface area (Å²) in [5, 5.41) is 11.2. The number of carbonyl (C=O) groups excluding carboxylic acids is 1. The van der Waals surface area contributed by atoms with Crippen LogP contribution in [-0.2, 0) is 23.7 Å². The highest BCUT2D eigenvalue weighted by molar-refractivity contribution is 5.72. The first kappa shape index (κ1) is 20.4. The minimum atomic E-state index is -1.01. The van der Waals surface area contributed by atoms with Gasteiger partial charge in [-0.2, -0.15) is 0 Å². The molecule has 1 amide bonds. The van der Waals surface area contributed by atoms with Crippen LogP contribution in [-0.4, -0.2) is 69.1 Å². The zero-order valence-corrected chi connectivity index (χ0v) is 13.6. The van der Waals surface area contributed by atoms with Gasteiger partial charge in [0, 0.05) is 6.54 Å². The highest BCUT2D eigenvalue weighted by atomic mass is 16.7. The topological polar surface area (TPSA) is 129 Å². The summed E-state index contributed by atoms with van der Waals surface area (Å²) in [7, 11) is 0. The van der Waals surface area contributed by atoms with Crippen LogP contribution < -0.4 is 11.1 Å². The lowest BCUT2D eigenvalue weighted by atomic mass is 10.1. The van der Waals surface area contributed by atoms with Crippen molar-refractivity contribution in [3.63, 3.8) is 0 Å². The number of unbranched alkanes of at least 4 members (excludes halogenated alkanes) is 1. The molecule has 1 rings (SSSR count). The summed E-state index contributed by atoms with van der Waals surface area (Å²) in [6.07, 6.45) is 4.63. The molecular formula is C15H26N2O7. The molecule has 0 saturated carbocycles. The number of amides is 1. The first-order chi connectivity index (χ1) is 11.6. The van der Waals surface area contributed by atoms with Gasteiger partial charge in [-0.3, -0.25) is 4.79 Å². The smallest absolute Gasteiger partial charge is 0.407 e. The zero-order valence-electron chi connectivity index (χ0n) is 13.6. The quantitative estimate of drug-likeness (QED) is 0.379. The number of alkyl carbamates (subject to hydrolysis) is 1. The second-order valence-corrected chi connectivity index (χ2v) is 5.20. The Kier molecular flexibility index (Phi) is 10.8. The molecule has 4 N–H and O–H groups in total. The number of nitrogens with two attached hydrogens (primary N) is 1. The third-order valence-corrected chi connectivity index (χ3v) is 3.19. The third-order valence-electron chi connectivity index (χ3n) is 3.19. The summed E-state index contributed by atoms with van der Waals surface area (Å²) >= 11 is 0. The zero-order chi connectivity index (χ0) is 17.6. The van der Waals surface area contributed by atoms with Gasteiger partial charge in [-0.25, -0.2) is 4.79 Å². The van der Waals surface area contributed by atoms with Crippen molar-refractivity contribution < 1.29 is 33.6 Å². The first-order valence-corrected chi connectivity index (χ1v) is 7.92. The van der Waals surface area contributed by atoms with Crippen molar-refractivity contribution in [2.75, 3.05) is 39.8 Å². The van der Waals surface area contributed by atoms with Crippen LogP contribution in [0.2, 0.25) is 0 Å². The molecule has 1 unspecified atom stereocenters. The standard InChI is InChI=1S/C15H26N2O7/c16-13(14(18)19)5-1-2-6-17-15(20)24-9-8-23-12-4-3-7-21-11-22-10-12/h3-4,12-13H,1-2,5-11,16H2,(H,17,20)(H,18,19)/b4-3+/t12?,13-/m0/s1. The number of carboxylic acids is 1. The van der Waals surface area contributed by atoms with Crippen LogP contribution in [0.3, 0.4) is 0 Å². The summed E-state index contributed by atoms with van der Waals surface area (Å²) in [6, 6.07) is -0.855. The molecule has 0 aliphatic carbocycles. The number of hydrogen-bond donors (Lipinski definition) is 3. The Morgan fingerprint density at radius 3 is 2.96 bits per heavy atom. The van der Waals surface area contributed by atoms with E-state index in [1.165, 1.54) is 0 Å². The van der Waals surface area contributed by atoms with E-state index in [0.717, 1.165) is 0 Å². The lowest BCUT2D eigenvalue weighted by Crippen LogP contribution is -2.30. The largest absolute Gasteiger partial charge is 0.480 e. The molecule has 0 aromatic rings. The Morgan fingerprint density at radius 1 is 1.33 bits per heavy atom. The maximum Gasteiger partial charge on any atom is 0.407 e. The summed E-state index contributed by atoms with van der Waals surface area (Å²) in [5.74, 6) is -1.01. The highest BCUT2D eigenvalue weighted by Gasteiger charge is 2.11. The van der Waals surface area contributed by atoms with Crippen molar-refractivity contribution in [3.8, 4) is 0 Å². The summed E-state index contributed by atoms with van der Waals surface area (Å²) in [4.78, 5) is 22.0. The van der Waals surface area contributed by atoms with Crippen molar-refractivity contribution >= 4 is 12.1 Å². The Hall–Kier alpha value is -1.68. The molecule has 24 heavy (non-hydrogen) atoms. The van der Waals surface area contributed by atoms with Crippen molar-refractivity contribution in [1.29, 1.82) is 0 Å². The molecule has 138 valence electrons. The monoisotopic (exact) mass is 346 g/mol. The van der Waals surface area contributed by atoms with Crippen LogP contribution >= 0.6 is 0 Å². The van der Waals surface area contributed by atoms with Crippen LogP contribution in [0.15, 0.2) is 12.2 Å². The Labute approximate surface area is 141 Å². The third kappa shape index (κ3) is 10.2. The van der Waals surface area contributed by atoms with Gasteiger partial charge in [-0.05, 0) is 19.3 Å². The number of aliphatic carboxylic acids is 1. The van der Waals surface area contributed by atoms with Crippen molar-refractivity contribution in [3.05, 3.63) is 12.2 Å². The second kappa shape index (κ2) is 12.7. The van der Waals surface area contributed by atoms with Gasteiger partial charge >= 0.3 is 12.1 Å². The molecule has 0 fully saturated rings. The molecule has 1 aliphatic rings. The minimum Gasteiger partial charge on any atom is -0.480 e. The van der Waals surface area contributed by atoms with E-state index in [4.69, 9.17) is 29.8 Å². The van der Waals surface area contributed by atoms with Gasteiger partial charge in [-0.15, -0.1) is 0 Å². The highest BCUT2D eigenvalue weighted by Crippen LogP contribution is 2.00. The van der Waals surface area contributed by atoms with E-state index in [0.29, 0.717) is 39.0 Å². The summed E-state index contributed by atoms with van der Waals surface area (Å²) in [5.41, 5.74) is 5.37. The van der Waals surface area contributed by atoms with Gasteiger partial charge in [0.2, 0.25) is 0 Å². The van der Waals surface area contributed by atoms with Crippen LogP contribution in [0.4, 0.5) is 4.79 Å².